The fourth-order valence-electron chi connectivity index (χ4n) is 3.38. The first-order chi connectivity index (χ1) is 12.5. The quantitative estimate of drug-likeness (QED) is 0.844. The van der Waals surface area contributed by atoms with E-state index in [1.165, 1.54) is 6.20 Å². The second kappa shape index (κ2) is 7.91. The van der Waals surface area contributed by atoms with Crippen LogP contribution < -0.4 is 10.6 Å². The Morgan fingerprint density at radius 2 is 2.04 bits per heavy atom. The van der Waals surface area contributed by atoms with Crippen LogP contribution in [0.25, 0.3) is 5.69 Å². The third-order valence-electron chi connectivity index (χ3n) is 4.75. The number of carbonyl (C=O) groups excluding carboxylic acids is 2. The molecule has 2 aromatic rings. The molecule has 1 aliphatic carbocycles. The number of rotatable bonds is 5. The van der Waals surface area contributed by atoms with Gasteiger partial charge < -0.3 is 10.6 Å². The molecule has 2 amide bonds. The molecule has 1 heterocycles. The summed E-state index contributed by atoms with van der Waals surface area (Å²) in [4.78, 5) is 25.4. The van der Waals surface area contributed by atoms with Crippen LogP contribution in [0, 0.1) is 0 Å². The molecule has 26 heavy (non-hydrogen) atoms. The molecule has 0 bridgehead atoms. The Balaban J connectivity index is 1.79. The molecular weight excluding hydrogens is 352 g/mol. The number of likely N-dealkylation sites (N-methyl/N-ethyl adjacent to an activating group) is 1. The summed E-state index contributed by atoms with van der Waals surface area (Å²) >= 11 is 6.01. The molecular formula is C19H23ClN4O2. The Morgan fingerprint density at radius 1 is 1.27 bits per heavy atom. The number of halogens is 1. The summed E-state index contributed by atoms with van der Waals surface area (Å²) in [5.41, 5.74) is 0.357. The van der Waals surface area contributed by atoms with Crippen LogP contribution in [0.3, 0.4) is 0 Å². The Morgan fingerprint density at radius 3 is 2.73 bits per heavy atom. The van der Waals surface area contributed by atoms with Gasteiger partial charge in [0.25, 0.3) is 5.91 Å². The number of nitrogens with zero attached hydrogens (tertiary/aromatic N) is 2. The predicted molar refractivity (Wildman–Crippen MR) is 101 cm³/mol. The molecule has 0 aliphatic heterocycles. The SMILES string of the molecule is CCNC(=O)C1(NC(=O)c2cnn(-c3cccc(Cl)c3)c2)CCCCC1. The van der Waals surface area contributed by atoms with E-state index in [9.17, 15) is 9.59 Å². The van der Waals surface area contributed by atoms with Crippen LogP contribution in [-0.4, -0.2) is 33.7 Å². The zero-order valence-electron chi connectivity index (χ0n) is 14.8. The molecule has 0 atom stereocenters. The number of benzene rings is 1. The van der Waals surface area contributed by atoms with E-state index < -0.39 is 5.54 Å². The van der Waals surface area contributed by atoms with Gasteiger partial charge in [-0.05, 0) is 38.0 Å². The largest absolute Gasteiger partial charge is 0.354 e. The summed E-state index contributed by atoms with van der Waals surface area (Å²) in [7, 11) is 0. The minimum atomic E-state index is -0.830. The molecule has 0 unspecified atom stereocenters. The fourth-order valence-corrected chi connectivity index (χ4v) is 3.57. The van der Waals surface area contributed by atoms with E-state index in [2.05, 4.69) is 15.7 Å². The minimum absolute atomic E-state index is 0.102. The maximum atomic E-state index is 12.8. The van der Waals surface area contributed by atoms with Crippen molar-refractivity contribution in [2.75, 3.05) is 6.54 Å². The summed E-state index contributed by atoms with van der Waals surface area (Å²) in [6, 6.07) is 7.23. The van der Waals surface area contributed by atoms with Crippen molar-refractivity contribution in [1.29, 1.82) is 0 Å². The molecule has 3 rings (SSSR count). The summed E-state index contributed by atoms with van der Waals surface area (Å²) < 4.78 is 1.60. The summed E-state index contributed by atoms with van der Waals surface area (Å²) in [6.45, 7) is 2.43. The third kappa shape index (κ3) is 3.90. The molecule has 1 fully saturated rings. The fraction of sp³-hybridized carbons (Fsp3) is 0.421. The van der Waals surface area contributed by atoms with Crippen LogP contribution in [0.5, 0.6) is 0 Å². The van der Waals surface area contributed by atoms with Crippen LogP contribution in [0.2, 0.25) is 5.02 Å². The average molecular weight is 375 g/mol. The van der Waals surface area contributed by atoms with Crippen LogP contribution in [0.4, 0.5) is 0 Å². The van der Waals surface area contributed by atoms with E-state index in [4.69, 9.17) is 11.6 Å². The van der Waals surface area contributed by atoms with Crippen molar-refractivity contribution in [1.82, 2.24) is 20.4 Å². The van der Waals surface area contributed by atoms with Gasteiger partial charge >= 0.3 is 0 Å². The number of aromatic nitrogens is 2. The van der Waals surface area contributed by atoms with Gasteiger partial charge in [-0.3, -0.25) is 9.59 Å². The number of hydrogen-bond acceptors (Lipinski definition) is 3. The highest BCUT2D eigenvalue weighted by Gasteiger charge is 2.40. The molecule has 1 aromatic heterocycles. The highest BCUT2D eigenvalue weighted by molar-refractivity contribution is 6.30. The first-order valence-corrected chi connectivity index (χ1v) is 9.33. The molecule has 1 aromatic carbocycles. The second-order valence-corrected chi connectivity index (χ2v) is 7.05. The Bertz CT molecular complexity index is 796. The van der Waals surface area contributed by atoms with Gasteiger partial charge in [0.2, 0.25) is 5.91 Å². The van der Waals surface area contributed by atoms with Crippen molar-refractivity contribution >= 4 is 23.4 Å². The van der Waals surface area contributed by atoms with Crippen LogP contribution in [-0.2, 0) is 4.79 Å². The molecule has 7 heteroatoms. The van der Waals surface area contributed by atoms with E-state index >= 15 is 0 Å². The van der Waals surface area contributed by atoms with Gasteiger partial charge in [-0.2, -0.15) is 5.10 Å². The van der Waals surface area contributed by atoms with Gasteiger partial charge in [-0.25, -0.2) is 4.68 Å². The maximum absolute atomic E-state index is 12.8. The second-order valence-electron chi connectivity index (χ2n) is 6.61. The van der Waals surface area contributed by atoms with Gasteiger partial charge in [-0.15, -0.1) is 0 Å². The smallest absolute Gasteiger partial charge is 0.255 e. The molecule has 1 saturated carbocycles. The lowest BCUT2D eigenvalue weighted by molar-refractivity contribution is -0.128. The van der Waals surface area contributed by atoms with E-state index in [0.717, 1.165) is 24.9 Å². The standard InChI is InChI=1S/C19H23ClN4O2/c1-2-21-18(26)19(9-4-3-5-10-19)23-17(25)14-12-22-24(13-14)16-8-6-7-15(20)11-16/h6-8,11-13H,2-5,9-10H2,1H3,(H,21,26)(H,23,25). The molecule has 0 saturated heterocycles. The lowest BCUT2D eigenvalue weighted by Crippen LogP contribution is -2.59. The van der Waals surface area contributed by atoms with Crippen molar-refractivity contribution in [2.24, 2.45) is 0 Å². The molecule has 6 nitrogen and oxygen atoms in total. The first kappa shape index (κ1) is 18.5. The minimum Gasteiger partial charge on any atom is -0.354 e. The zero-order valence-corrected chi connectivity index (χ0v) is 15.6. The van der Waals surface area contributed by atoms with Crippen molar-refractivity contribution in [2.45, 2.75) is 44.6 Å². The van der Waals surface area contributed by atoms with Crippen molar-refractivity contribution < 1.29 is 9.59 Å². The number of amides is 2. The first-order valence-electron chi connectivity index (χ1n) is 8.95. The van der Waals surface area contributed by atoms with Crippen LogP contribution >= 0.6 is 11.6 Å². The van der Waals surface area contributed by atoms with E-state index in [0.29, 0.717) is 30.0 Å². The van der Waals surface area contributed by atoms with Crippen molar-refractivity contribution in [3.05, 3.63) is 47.2 Å². The van der Waals surface area contributed by atoms with Crippen molar-refractivity contribution in [3.8, 4) is 5.69 Å². The Labute approximate surface area is 157 Å². The highest BCUT2D eigenvalue weighted by Crippen LogP contribution is 2.29. The Kier molecular flexibility index (Phi) is 5.61. The third-order valence-corrected chi connectivity index (χ3v) is 4.98. The van der Waals surface area contributed by atoms with E-state index in [1.807, 2.05) is 19.1 Å². The summed E-state index contributed by atoms with van der Waals surface area (Å²) in [5, 5.41) is 10.7. The van der Waals surface area contributed by atoms with Crippen molar-refractivity contribution in [3.63, 3.8) is 0 Å². The van der Waals surface area contributed by atoms with Crippen LogP contribution in [0.1, 0.15) is 49.4 Å². The Hall–Kier alpha value is -2.34. The number of nitrogens with one attached hydrogen (secondary N) is 2. The average Bonchev–Trinajstić information content (AvgIpc) is 3.13. The van der Waals surface area contributed by atoms with Gasteiger partial charge in [0.1, 0.15) is 5.54 Å². The van der Waals surface area contributed by atoms with E-state index in [1.54, 1.807) is 23.0 Å². The zero-order chi connectivity index (χ0) is 18.6. The lowest BCUT2D eigenvalue weighted by Gasteiger charge is -2.36. The normalized spacial score (nSPS) is 16.1. The molecule has 0 radical (unpaired) electrons. The summed E-state index contributed by atoms with van der Waals surface area (Å²) in [6.07, 6.45) is 7.42. The predicted octanol–water partition coefficient (Wildman–Crippen LogP) is 3.09. The number of carbonyl (C=O) groups is 2. The summed E-state index contributed by atoms with van der Waals surface area (Å²) in [5.74, 6) is -0.387. The molecule has 2 N–H and O–H groups in total. The van der Waals surface area contributed by atoms with Crippen LogP contribution in [0.15, 0.2) is 36.7 Å². The monoisotopic (exact) mass is 374 g/mol. The molecule has 138 valence electrons. The van der Waals surface area contributed by atoms with Gasteiger partial charge in [0, 0.05) is 17.8 Å². The highest BCUT2D eigenvalue weighted by atomic mass is 35.5. The topological polar surface area (TPSA) is 76.0 Å². The maximum Gasteiger partial charge on any atom is 0.255 e. The van der Waals surface area contributed by atoms with Gasteiger partial charge in [-0.1, -0.05) is 36.9 Å². The lowest BCUT2D eigenvalue weighted by atomic mass is 9.80. The molecule has 0 spiro atoms. The molecule has 1 aliphatic rings. The van der Waals surface area contributed by atoms with Gasteiger partial charge in [0.15, 0.2) is 0 Å². The number of hydrogen-bond donors (Lipinski definition) is 2. The van der Waals surface area contributed by atoms with E-state index in [-0.39, 0.29) is 11.8 Å². The van der Waals surface area contributed by atoms with Gasteiger partial charge in [0.05, 0.1) is 17.4 Å².